The van der Waals surface area contributed by atoms with Gasteiger partial charge in [0.05, 0.1) is 25.1 Å². The van der Waals surface area contributed by atoms with Crippen LogP contribution in [0.1, 0.15) is 41.3 Å². The highest BCUT2D eigenvalue weighted by Crippen LogP contribution is 2.48. The number of aryl methyl sites for hydroxylation is 1. The molecule has 2 aromatic heterocycles. The summed E-state index contributed by atoms with van der Waals surface area (Å²) < 4.78 is 45.9. The van der Waals surface area contributed by atoms with Gasteiger partial charge in [0.1, 0.15) is 34.2 Å². The third-order valence-electron chi connectivity index (χ3n) is 7.14. The number of carboxylic acid groups (broad SMARTS) is 1. The van der Waals surface area contributed by atoms with Crippen molar-refractivity contribution in [2.24, 2.45) is 0 Å². The molecule has 0 amide bonds. The molecule has 5 rings (SSSR count). The summed E-state index contributed by atoms with van der Waals surface area (Å²) in [5, 5.41) is 22.0. The molecule has 8 nitrogen and oxygen atoms in total. The molecule has 0 radical (unpaired) electrons. The molecule has 0 saturated carbocycles. The summed E-state index contributed by atoms with van der Waals surface area (Å²) in [6.07, 6.45) is 2.67. The Hall–Kier alpha value is -4.51. The number of rotatable bonds is 9. The average Bonchev–Trinajstić information content (AvgIpc) is 3.58. The zero-order chi connectivity index (χ0) is 29.5. The largest absolute Gasteiger partial charge is 0.507 e. The molecule has 0 atom stereocenters. The first-order valence-corrected chi connectivity index (χ1v) is 13.4. The van der Waals surface area contributed by atoms with Crippen molar-refractivity contribution in [2.45, 2.75) is 32.1 Å². The number of nitrogens with zero attached hydrogens (tertiary/aromatic N) is 3. The number of ether oxygens (including phenoxy) is 2. The summed E-state index contributed by atoms with van der Waals surface area (Å²) >= 11 is 1.30. The van der Waals surface area contributed by atoms with Crippen LogP contribution in [-0.4, -0.2) is 44.3 Å². The lowest BCUT2D eigenvalue weighted by Crippen LogP contribution is -2.23. The first kappa shape index (κ1) is 28.0. The van der Waals surface area contributed by atoms with Gasteiger partial charge >= 0.3 is 5.97 Å². The molecule has 11 heteroatoms. The Morgan fingerprint density at radius 1 is 1.05 bits per heavy atom. The van der Waals surface area contributed by atoms with E-state index in [0.29, 0.717) is 46.3 Å². The van der Waals surface area contributed by atoms with E-state index < -0.39 is 23.0 Å². The van der Waals surface area contributed by atoms with Gasteiger partial charge < -0.3 is 24.3 Å². The average molecular weight is 580 g/mol. The molecule has 0 fully saturated rings. The van der Waals surface area contributed by atoms with Gasteiger partial charge in [0.25, 0.3) is 0 Å². The number of aromatic carboxylic acids is 1. The van der Waals surface area contributed by atoms with Gasteiger partial charge in [-0.3, -0.25) is 0 Å². The summed E-state index contributed by atoms with van der Waals surface area (Å²) in [7, 11) is 2.73. The molecule has 0 aliphatic rings. The lowest BCUT2D eigenvalue weighted by molar-refractivity contribution is 0.0693. The zero-order valence-corrected chi connectivity index (χ0v) is 23.6. The topological polar surface area (TPSA) is 107 Å². The molecular weight excluding hydrogens is 552 g/mol. The van der Waals surface area contributed by atoms with Crippen LogP contribution < -0.4 is 9.47 Å². The monoisotopic (exact) mass is 579 g/mol. The molecular formula is C30H27F2N3O5S. The van der Waals surface area contributed by atoms with Gasteiger partial charge in [-0.25, -0.2) is 18.6 Å². The minimum Gasteiger partial charge on any atom is -0.507 e. The van der Waals surface area contributed by atoms with Crippen molar-refractivity contribution in [1.82, 2.24) is 13.9 Å². The van der Waals surface area contributed by atoms with Crippen molar-refractivity contribution in [2.75, 3.05) is 14.2 Å². The Morgan fingerprint density at radius 2 is 1.80 bits per heavy atom. The highest BCUT2D eigenvalue weighted by molar-refractivity contribution is 7.05. The Morgan fingerprint density at radius 3 is 2.46 bits per heavy atom. The fourth-order valence-corrected chi connectivity index (χ4v) is 5.71. The fraction of sp³-hybridized carbons (Fsp3) is 0.233. The number of aromatic nitrogens is 3. The quantitative estimate of drug-likeness (QED) is 0.199. The Balaban J connectivity index is 1.89. The van der Waals surface area contributed by atoms with E-state index in [9.17, 15) is 23.8 Å². The zero-order valence-electron chi connectivity index (χ0n) is 22.7. The summed E-state index contributed by atoms with van der Waals surface area (Å²) in [5.74, 6) is -2.56. The van der Waals surface area contributed by atoms with Crippen LogP contribution in [0.3, 0.4) is 0 Å². The van der Waals surface area contributed by atoms with Crippen molar-refractivity contribution in [3.05, 3.63) is 82.8 Å². The highest BCUT2D eigenvalue weighted by atomic mass is 32.1. The SMILES string of the molecule is COc1cc(-n2c(C(C)(C)CCc3ncns3)c(-c3ccc(C(=O)O)c(OC)c3)c3c(O)cc(F)cc32)ccc1F. The van der Waals surface area contributed by atoms with Crippen molar-refractivity contribution >= 4 is 28.4 Å². The van der Waals surface area contributed by atoms with E-state index in [-0.39, 0.29) is 22.8 Å². The Labute approximate surface area is 238 Å². The van der Waals surface area contributed by atoms with Gasteiger partial charge in [-0.15, -0.1) is 0 Å². The second kappa shape index (κ2) is 10.8. The number of carbonyl (C=O) groups is 1. The van der Waals surface area contributed by atoms with Crippen LogP contribution in [0.2, 0.25) is 0 Å². The number of aromatic hydroxyl groups is 1. The number of phenolic OH excluding ortho intramolecular Hbond substituents is 1. The van der Waals surface area contributed by atoms with Crippen LogP contribution in [-0.2, 0) is 11.8 Å². The van der Waals surface area contributed by atoms with Crippen LogP contribution in [0.25, 0.3) is 27.7 Å². The third kappa shape index (κ3) is 5.08. The highest BCUT2D eigenvalue weighted by Gasteiger charge is 2.34. The first-order valence-electron chi connectivity index (χ1n) is 12.6. The molecule has 0 spiro atoms. The van der Waals surface area contributed by atoms with Gasteiger partial charge in [0.15, 0.2) is 11.6 Å². The molecule has 0 aliphatic heterocycles. The minimum absolute atomic E-state index is 0.00313. The molecule has 3 aromatic carbocycles. The molecule has 0 bridgehead atoms. The summed E-state index contributed by atoms with van der Waals surface area (Å²) in [6, 6.07) is 11.3. The lowest BCUT2D eigenvalue weighted by atomic mass is 9.80. The maximum atomic E-state index is 14.9. The van der Waals surface area contributed by atoms with Crippen LogP contribution in [0.15, 0.2) is 54.9 Å². The predicted octanol–water partition coefficient (Wildman–Crippen LogP) is 6.76. The standard InChI is InChI=1S/C30H27F2N3O5S/c1-30(2,10-9-25-33-15-34-41-25)28-26(16-5-7-19(29(37)38)23(11-16)39-3)27-21(12-17(31)13-22(27)36)35(28)18-6-8-20(32)24(14-18)40-4/h5-8,11-15,36H,9-10H2,1-4H3,(H,37,38). The van der Waals surface area contributed by atoms with E-state index in [0.717, 1.165) is 11.1 Å². The third-order valence-corrected chi connectivity index (χ3v) is 7.86. The number of halogens is 2. The first-order chi connectivity index (χ1) is 19.6. The van der Waals surface area contributed by atoms with Crippen molar-refractivity contribution in [3.63, 3.8) is 0 Å². The van der Waals surface area contributed by atoms with E-state index in [2.05, 4.69) is 9.36 Å². The number of phenols is 1. The van der Waals surface area contributed by atoms with Crippen molar-refractivity contribution in [1.29, 1.82) is 0 Å². The van der Waals surface area contributed by atoms with Gasteiger partial charge in [0, 0.05) is 40.9 Å². The van der Waals surface area contributed by atoms with E-state index >= 15 is 0 Å². The van der Waals surface area contributed by atoms with Crippen LogP contribution in [0.5, 0.6) is 17.2 Å². The van der Waals surface area contributed by atoms with Crippen LogP contribution in [0, 0.1) is 11.6 Å². The number of methoxy groups -OCH3 is 2. The summed E-state index contributed by atoms with van der Waals surface area (Å²) in [5.41, 5.74) is 1.92. The van der Waals surface area contributed by atoms with E-state index in [4.69, 9.17) is 9.47 Å². The smallest absolute Gasteiger partial charge is 0.339 e. The second-order valence-corrected chi connectivity index (χ2v) is 11.0. The van der Waals surface area contributed by atoms with Gasteiger partial charge in [-0.1, -0.05) is 19.9 Å². The molecule has 41 heavy (non-hydrogen) atoms. The minimum atomic E-state index is -1.16. The number of fused-ring (bicyclic) bond motifs is 1. The summed E-state index contributed by atoms with van der Waals surface area (Å²) in [4.78, 5) is 16.1. The van der Waals surface area contributed by atoms with E-state index in [1.54, 1.807) is 22.8 Å². The Kier molecular flexibility index (Phi) is 7.39. The predicted molar refractivity (Wildman–Crippen MR) is 152 cm³/mol. The van der Waals surface area contributed by atoms with Gasteiger partial charge in [-0.05, 0) is 53.8 Å². The van der Waals surface area contributed by atoms with E-state index in [1.807, 2.05) is 13.8 Å². The van der Waals surface area contributed by atoms with Crippen LogP contribution >= 0.6 is 11.5 Å². The molecule has 212 valence electrons. The van der Waals surface area contributed by atoms with Crippen molar-refractivity contribution in [3.8, 4) is 34.1 Å². The van der Waals surface area contributed by atoms with Crippen molar-refractivity contribution < 1.29 is 33.3 Å². The molecule has 0 unspecified atom stereocenters. The fourth-order valence-electron chi connectivity index (χ4n) is 5.21. The van der Waals surface area contributed by atoms with Gasteiger partial charge in [-0.2, -0.15) is 4.37 Å². The normalized spacial score (nSPS) is 11.7. The number of hydrogen-bond donors (Lipinski definition) is 2. The second-order valence-electron chi connectivity index (χ2n) is 10.1. The van der Waals surface area contributed by atoms with E-state index in [1.165, 1.54) is 56.3 Å². The molecule has 0 aliphatic carbocycles. The van der Waals surface area contributed by atoms with Crippen LogP contribution in [0.4, 0.5) is 8.78 Å². The van der Waals surface area contributed by atoms with Gasteiger partial charge in [0.2, 0.25) is 0 Å². The summed E-state index contributed by atoms with van der Waals surface area (Å²) in [6.45, 7) is 4.03. The number of hydrogen-bond acceptors (Lipinski definition) is 7. The molecule has 2 heterocycles. The lowest BCUT2D eigenvalue weighted by Gasteiger charge is -2.29. The molecule has 2 N–H and O–H groups in total. The number of benzene rings is 3. The maximum Gasteiger partial charge on any atom is 0.339 e. The molecule has 5 aromatic rings. The molecule has 0 saturated heterocycles. The number of carboxylic acids is 1. The Bertz CT molecular complexity index is 1770. The maximum absolute atomic E-state index is 14.9.